The SMILES string of the molecule is CN1C(=O)CN=C(c2cccnc2)c2cc(Cl)ccc21. The van der Waals surface area contributed by atoms with Gasteiger partial charge in [0.15, 0.2) is 0 Å². The molecule has 0 saturated carbocycles. The van der Waals surface area contributed by atoms with E-state index in [0.29, 0.717) is 5.02 Å². The van der Waals surface area contributed by atoms with Gasteiger partial charge in [-0.05, 0) is 30.3 Å². The lowest BCUT2D eigenvalue weighted by molar-refractivity contribution is -0.116. The summed E-state index contributed by atoms with van der Waals surface area (Å²) in [6.07, 6.45) is 3.44. The van der Waals surface area contributed by atoms with Gasteiger partial charge in [-0.2, -0.15) is 0 Å². The Kier molecular flexibility index (Phi) is 3.24. The molecular formula is C15H12ClN3O. The Bertz CT molecular complexity index is 698. The van der Waals surface area contributed by atoms with Gasteiger partial charge in [0.2, 0.25) is 5.91 Å². The number of benzene rings is 1. The fourth-order valence-corrected chi connectivity index (χ4v) is 2.38. The molecule has 0 bridgehead atoms. The van der Waals surface area contributed by atoms with Gasteiger partial charge >= 0.3 is 0 Å². The fraction of sp³-hybridized carbons (Fsp3) is 0.133. The first-order valence-electron chi connectivity index (χ1n) is 6.18. The van der Waals surface area contributed by atoms with E-state index < -0.39 is 0 Å². The summed E-state index contributed by atoms with van der Waals surface area (Å²) >= 11 is 6.09. The highest BCUT2D eigenvalue weighted by molar-refractivity contribution is 6.32. The fourth-order valence-electron chi connectivity index (χ4n) is 2.21. The third-order valence-electron chi connectivity index (χ3n) is 3.26. The molecule has 0 aliphatic carbocycles. The highest BCUT2D eigenvalue weighted by atomic mass is 35.5. The molecule has 2 aromatic rings. The molecule has 100 valence electrons. The van der Waals surface area contributed by atoms with Crippen molar-refractivity contribution in [3.05, 3.63) is 58.9 Å². The van der Waals surface area contributed by atoms with Crippen LogP contribution in [0.3, 0.4) is 0 Å². The maximum Gasteiger partial charge on any atom is 0.248 e. The monoisotopic (exact) mass is 285 g/mol. The van der Waals surface area contributed by atoms with Crippen LogP contribution < -0.4 is 4.90 Å². The lowest BCUT2D eigenvalue weighted by Crippen LogP contribution is -2.27. The van der Waals surface area contributed by atoms with Gasteiger partial charge in [0.1, 0.15) is 6.54 Å². The van der Waals surface area contributed by atoms with Crippen molar-refractivity contribution in [2.75, 3.05) is 18.5 Å². The van der Waals surface area contributed by atoms with Gasteiger partial charge < -0.3 is 4.90 Å². The van der Waals surface area contributed by atoms with E-state index in [4.69, 9.17) is 11.6 Å². The number of pyridine rings is 1. The minimum Gasteiger partial charge on any atom is -0.313 e. The van der Waals surface area contributed by atoms with Gasteiger partial charge in [-0.15, -0.1) is 0 Å². The predicted molar refractivity (Wildman–Crippen MR) is 79.6 cm³/mol. The summed E-state index contributed by atoms with van der Waals surface area (Å²) < 4.78 is 0. The van der Waals surface area contributed by atoms with Crippen LogP contribution in [0.15, 0.2) is 47.7 Å². The van der Waals surface area contributed by atoms with Crippen molar-refractivity contribution in [1.82, 2.24) is 4.98 Å². The Morgan fingerprint density at radius 2 is 2.15 bits per heavy atom. The van der Waals surface area contributed by atoms with Crippen molar-refractivity contribution in [3.8, 4) is 0 Å². The lowest BCUT2D eigenvalue weighted by Gasteiger charge is -2.18. The largest absolute Gasteiger partial charge is 0.313 e. The molecule has 5 heteroatoms. The summed E-state index contributed by atoms with van der Waals surface area (Å²) in [4.78, 5) is 22.2. The third kappa shape index (κ3) is 2.18. The summed E-state index contributed by atoms with van der Waals surface area (Å²) in [5.74, 6) is -0.0486. The Hall–Kier alpha value is -2.20. The van der Waals surface area contributed by atoms with Crippen molar-refractivity contribution < 1.29 is 4.79 Å². The van der Waals surface area contributed by atoms with Crippen LogP contribution in [0.5, 0.6) is 0 Å². The van der Waals surface area contributed by atoms with Crippen molar-refractivity contribution in [3.63, 3.8) is 0 Å². The molecule has 0 N–H and O–H groups in total. The van der Waals surface area contributed by atoms with Crippen molar-refractivity contribution in [1.29, 1.82) is 0 Å². The number of benzodiazepines with no additional fused rings is 1. The van der Waals surface area contributed by atoms with Gasteiger partial charge in [-0.1, -0.05) is 11.6 Å². The van der Waals surface area contributed by atoms with E-state index in [1.54, 1.807) is 30.4 Å². The van der Waals surface area contributed by atoms with Gasteiger partial charge in [-0.3, -0.25) is 14.8 Å². The standard InChI is InChI=1S/C15H12ClN3O/c1-19-13-5-4-11(16)7-12(13)15(18-9-14(19)20)10-3-2-6-17-8-10/h2-8H,9H2,1H3. The average molecular weight is 286 g/mol. The van der Waals surface area contributed by atoms with Crippen molar-refractivity contribution in [2.45, 2.75) is 0 Å². The smallest absolute Gasteiger partial charge is 0.248 e. The molecule has 0 unspecified atom stereocenters. The second kappa shape index (κ2) is 5.06. The van der Waals surface area contributed by atoms with E-state index in [1.165, 1.54) is 0 Å². The van der Waals surface area contributed by atoms with Gasteiger partial charge in [0.05, 0.1) is 11.4 Å². The molecule has 0 fully saturated rings. The number of amides is 1. The number of rotatable bonds is 1. The third-order valence-corrected chi connectivity index (χ3v) is 3.49. The van der Waals surface area contributed by atoms with E-state index in [1.807, 2.05) is 24.3 Å². The molecule has 1 aromatic heterocycles. The molecule has 0 atom stereocenters. The number of likely N-dealkylation sites (N-methyl/N-ethyl adjacent to an activating group) is 1. The van der Waals surface area contributed by atoms with Crippen LogP contribution in [0.1, 0.15) is 11.1 Å². The predicted octanol–water partition coefficient (Wildman–Crippen LogP) is 2.55. The van der Waals surface area contributed by atoms with E-state index in [2.05, 4.69) is 9.98 Å². The maximum absolute atomic E-state index is 12.0. The normalized spacial score (nSPS) is 14.6. The molecule has 1 aliphatic heterocycles. The first kappa shape index (κ1) is 12.8. The number of fused-ring (bicyclic) bond motifs is 1. The highest BCUT2D eigenvalue weighted by Crippen LogP contribution is 2.28. The molecule has 1 aliphatic rings. The number of nitrogens with zero attached hydrogens (tertiary/aromatic N) is 3. The van der Waals surface area contributed by atoms with Crippen LogP contribution in [0.2, 0.25) is 5.02 Å². The van der Waals surface area contributed by atoms with Crippen LogP contribution >= 0.6 is 11.6 Å². The Labute approximate surface area is 121 Å². The minimum atomic E-state index is -0.0486. The second-order valence-electron chi connectivity index (χ2n) is 4.52. The number of aromatic nitrogens is 1. The number of hydrogen-bond donors (Lipinski definition) is 0. The van der Waals surface area contributed by atoms with E-state index in [0.717, 1.165) is 22.5 Å². The zero-order valence-electron chi connectivity index (χ0n) is 10.9. The van der Waals surface area contributed by atoms with E-state index >= 15 is 0 Å². The summed E-state index contributed by atoms with van der Waals surface area (Å²) in [7, 11) is 1.75. The summed E-state index contributed by atoms with van der Waals surface area (Å²) in [5.41, 5.74) is 3.27. The Morgan fingerprint density at radius 1 is 1.30 bits per heavy atom. The zero-order chi connectivity index (χ0) is 14.1. The Balaban J connectivity index is 2.23. The number of aliphatic imine (C=N–C) groups is 1. The number of carbonyl (C=O) groups excluding carboxylic acids is 1. The molecule has 4 nitrogen and oxygen atoms in total. The number of carbonyl (C=O) groups is 1. The summed E-state index contributed by atoms with van der Waals surface area (Å²) in [6, 6.07) is 9.21. The van der Waals surface area contributed by atoms with Crippen molar-refractivity contribution >= 4 is 28.9 Å². The first-order valence-corrected chi connectivity index (χ1v) is 6.56. The maximum atomic E-state index is 12.0. The zero-order valence-corrected chi connectivity index (χ0v) is 11.6. The first-order chi connectivity index (χ1) is 9.66. The Morgan fingerprint density at radius 3 is 2.90 bits per heavy atom. The van der Waals surface area contributed by atoms with Crippen LogP contribution in [0.4, 0.5) is 5.69 Å². The average Bonchev–Trinajstić information content (AvgIpc) is 2.58. The topological polar surface area (TPSA) is 45.6 Å². The molecule has 0 spiro atoms. The molecule has 0 saturated heterocycles. The molecule has 20 heavy (non-hydrogen) atoms. The van der Waals surface area contributed by atoms with Crippen molar-refractivity contribution in [2.24, 2.45) is 4.99 Å². The van der Waals surface area contributed by atoms with Crippen LogP contribution in [-0.4, -0.2) is 30.2 Å². The minimum absolute atomic E-state index is 0.0486. The molecule has 1 aromatic carbocycles. The van der Waals surface area contributed by atoms with E-state index in [9.17, 15) is 4.79 Å². The lowest BCUT2D eigenvalue weighted by atomic mass is 10.0. The second-order valence-corrected chi connectivity index (χ2v) is 4.96. The van der Waals surface area contributed by atoms with Gasteiger partial charge in [0.25, 0.3) is 0 Å². The number of hydrogen-bond acceptors (Lipinski definition) is 3. The van der Waals surface area contributed by atoms with Gasteiger partial charge in [-0.25, -0.2) is 0 Å². The van der Waals surface area contributed by atoms with Gasteiger partial charge in [0, 0.05) is 35.6 Å². The molecule has 3 rings (SSSR count). The van der Waals surface area contributed by atoms with E-state index in [-0.39, 0.29) is 12.5 Å². The highest BCUT2D eigenvalue weighted by Gasteiger charge is 2.22. The molecule has 1 amide bonds. The molecule has 2 heterocycles. The number of anilines is 1. The molecular weight excluding hydrogens is 274 g/mol. The van der Waals surface area contributed by atoms with Crippen LogP contribution in [-0.2, 0) is 4.79 Å². The number of halogens is 1. The summed E-state index contributed by atoms with van der Waals surface area (Å²) in [5, 5.41) is 0.614. The summed E-state index contributed by atoms with van der Waals surface area (Å²) in [6.45, 7) is 0.118. The molecule has 0 radical (unpaired) electrons. The van der Waals surface area contributed by atoms with Crippen LogP contribution in [0, 0.1) is 0 Å². The quantitative estimate of drug-likeness (QED) is 0.808. The van der Waals surface area contributed by atoms with Crippen LogP contribution in [0.25, 0.3) is 0 Å².